The van der Waals surface area contributed by atoms with Crippen LogP contribution in [-0.2, 0) is 0 Å². The highest BCUT2D eigenvalue weighted by molar-refractivity contribution is 6.20. The van der Waals surface area contributed by atoms with E-state index in [2.05, 4.69) is 0 Å². The normalized spacial score (nSPS) is 15.2. The van der Waals surface area contributed by atoms with Gasteiger partial charge in [-0.25, -0.2) is 0 Å². The Kier molecular flexibility index (Phi) is 3.68. The smallest absolute Gasteiger partial charge is 0.278 e. The zero-order valence-corrected chi connectivity index (χ0v) is 12.0. The number of hydroxylamine groups is 4. The van der Waals surface area contributed by atoms with Gasteiger partial charge in [0.05, 0.1) is 22.3 Å². The van der Waals surface area contributed by atoms with E-state index in [0.29, 0.717) is 0 Å². The predicted molar refractivity (Wildman–Crippen MR) is 77.5 cm³/mol. The summed E-state index contributed by atoms with van der Waals surface area (Å²) < 4.78 is 0. The van der Waals surface area contributed by atoms with Gasteiger partial charge in [0.2, 0.25) is 0 Å². The van der Waals surface area contributed by atoms with Crippen LogP contribution in [0.25, 0.3) is 0 Å². The Morgan fingerprint density at radius 2 is 0.708 bits per heavy atom. The van der Waals surface area contributed by atoms with Gasteiger partial charge in [-0.15, -0.1) is 10.1 Å². The van der Waals surface area contributed by atoms with Crippen molar-refractivity contribution >= 4 is 23.6 Å². The molecule has 0 aromatic heterocycles. The quantitative estimate of drug-likeness (QED) is 0.557. The number of imide groups is 2. The third-order valence-corrected chi connectivity index (χ3v) is 3.55. The third kappa shape index (κ3) is 2.26. The van der Waals surface area contributed by atoms with Crippen LogP contribution in [0.5, 0.6) is 0 Å². The molecule has 2 N–H and O–H groups in total. The van der Waals surface area contributed by atoms with Crippen LogP contribution in [0.3, 0.4) is 0 Å². The van der Waals surface area contributed by atoms with Crippen LogP contribution in [0.1, 0.15) is 41.4 Å². The van der Waals surface area contributed by atoms with E-state index >= 15 is 0 Å². The number of hydrogen-bond acceptors (Lipinski definition) is 6. The van der Waals surface area contributed by atoms with Gasteiger partial charge in [-0.3, -0.25) is 29.6 Å². The molecule has 24 heavy (non-hydrogen) atoms. The number of carbonyl (C=O) groups is 4. The molecule has 2 aromatic carbocycles. The predicted octanol–water partition coefficient (Wildman–Crippen LogP) is 1.34. The number of benzene rings is 2. The van der Waals surface area contributed by atoms with Crippen molar-refractivity contribution in [3.8, 4) is 0 Å². The molecule has 0 radical (unpaired) electrons. The summed E-state index contributed by atoms with van der Waals surface area (Å²) in [5.41, 5.74) is 1.02. The first-order valence-corrected chi connectivity index (χ1v) is 6.77. The minimum absolute atomic E-state index is 0.130. The van der Waals surface area contributed by atoms with Crippen LogP contribution >= 0.6 is 0 Å². The molecule has 2 aliphatic rings. The van der Waals surface area contributed by atoms with Crippen LogP contribution in [0.2, 0.25) is 0 Å². The Morgan fingerprint density at radius 3 is 0.917 bits per heavy atom. The zero-order valence-electron chi connectivity index (χ0n) is 12.0. The number of fused-ring (bicyclic) bond motifs is 2. The van der Waals surface area contributed by atoms with Gasteiger partial charge in [-0.05, 0) is 24.3 Å². The molecular formula is C16H10N2O6. The molecule has 2 aromatic rings. The highest BCUT2D eigenvalue weighted by Crippen LogP contribution is 2.20. The van der Waals surface area contributed by atoms with Gasteiger partial charge in [0.1, 0.15) is 0 Å². The first kappa shape index (κ1) is 15.5. The van der Waals surface area contributed by atoms with Crippen LogP contribution < -0.4 is 0 Å². The van der Waals surface area contributed by atoms with E-state index in [4.69, 9.17) is 10.4 Å². The van der Waals surface area contributed by atoms with Crippen LogP contribution in [0, 0.1) is 0 Å². The molecule has 0 aliphatic carbocycles. The molecule has 4 rings (SSSR count). The van der Waals surface area contributed by atoms with Crippen molar-refractivity contribution in [2.75, 3.05) is 0 Å². The fourth-order valence-electron chi connectivity index (χ4n) is 2.35. The van der Waals surface area contributed by atoms with E-state index in [0.717, 1.165) is 0 Å². The molecule has 0 saturated carbocycles. The van der Waals surface area contributed by atoms with Gasteiger partial charge < -0.3 is 0 Å². The monoisotopic (exact) mass is 326 g/mol. The van der Waals surface area contributed by atoms with Gasteiger partial charge in [0.15, 0.2) is 0 Å². The summed E-state index contributed by atoms with van der Waals surface area (Å²) in [6, 6.07) is 12.6. The minimum Gasteiger partial charge on any atom is -0.278 e. The van der Waals surface area contributed by atoms with Crippen molar-refractivity contribution in [2.24, 2.45) is 0 Å². The fourth-order valence-corrected chi connectivity index (χ4v) is 2.35. The fraction of sp³-hybridized carbons (Fsp3) is 0. The average molecular weight is 326 g/mol. The molecule has 8 heteroatoms. The van der Waals surface area contributed by atoms with Crippen molar-refractivity contribution in [3.05, 3.63) is 70.8 Å². The summed E-state index contributed by atoms with van der Waals surface area (Å²) in [6.07, 6.45) is 0. The summed E-state index contributed by atoms with van der Waals surface area (Å²) >= 11 is 0. The average Bonchev–Trinajstić information content (AvgIpc) is 2.98. The van der Waals surface area contributed by atoms with Gasteiger partial charge >= 0.3 is 0 Å². The van der Waals surface area contributed by atoms with Crippen molar-refractivity contribution < 1.29 is 29.6 Å². The van der Waals surface area contributed by atoms with E-state index in [1.807, 2.05) is 0 Å². The van der Waals surface area contributed by atoms with E-state index in [9.17, 15) is 19.2 Å². The summed E-state index contributed by atoms with van der Waals surface area (Å²) in [5, 5.41) is 18.1. The Hall–Kier alpha value is -3.36. The highest BCUT2D eigenvalue weighted by Gasteiger charge is 2.34. The van der Waals surface area contributed by atoms with E-state index in [1.54, 1.807) is 24.3 Å². The molecule has 0 spiro atoms. The molecule has 2 aliphatic heterocycles. The maximum atomic E-state index is 11.1. The molecule has 0 fully saturated rings. The van der Waals surface area contributed by atoms with Gasteiger partial charge in [0.25, 0.3) is 23.6 Å². The topological polar surface area (TPSA) is 115 Å². The second-order valence-corrected chi connectivity index (χ2v) is 4.94. The maximum Gasteiger partial charge on any atom is 0.285 e. The molecule has 0 atom stereocenters. The van der Waals surface area contributed by atoms with Crippen molar-refractivity contribution in [1.82, 2.24) is 10.1 Å². The lowest BCUT2D eigenvalue weighted by Gasteiger charge is -1.99. The second kappa shape index (κ2) is 5.69. The first-order chi connectivity index (χ1) is 11.4. The second-order valence-electron chi connectivity index (χ2n) is 4.94. The Bertz CT molecular complexity index is 748. The van der Waals surface area contributed by atoms with Crippen LogP contribution in [0.4, 0.5) is 0 Å². The molecule has 120 valence electrons. The van der Waals surface area contributed by atoms with Crippen molar-refractivity contribution in [2.45, 2.75) is 0 Å². The molecular weight excluding hydrogens is 316 g/mol. The SMILES string of the molecule is O=C1c2ccccc2C(=O)N1O.O=C1c2ccccc2C(=O)N1O. The minimum atomic E-state index is -0.657. The first-order valence-electron chi connectivity index (χ1n) is 6.77. The largest absolute Gasteiger partial charge is 0.285 e. The summed E-state index contributed by atoms with van der Waals surface area (Å²) in [4.78, 5) is 44.2. The number of carbonyl (C=O) groups excluding carboxylic acids is 4. The van der Waals surface area contributed by atoms with Crippen molar-refractivity contribution in [3.63, 3.8) is 0 Å². The van der Waals surface area contributed by atoms with E-state index in [1.165, 1.54) is 24.3 Å². The number of amides is 4. The van der Waals surface area contributed by atoms with E-state index < -0.39 is 23.6 Å². The maximum absolute atomic E-state index is 11.1. The molecule has 4 amide bonds. The summed E-state index contributed by atoms with van der Waals surface area (Å²) in [5.74, 6) is -2.63. The zero-order chi connectivity index (χ0) is 17.4. The third-order valence-electron chi connectivity index (χ3n) is 3.55. The Labute approximate surface area is 135 Å². The molecule has 0 saturated heterocycles. The van der Waals surface area contributed by atoms with Crippen LogP contribution in [-0.4, -0.2) is 44.2 Å². The lowest BCUT2D eigenvalue weighted by Crippen LogP contribution is -2.25. The summed E-state index contributed by atoms with van der Waals surface area (Å²) in [6.45, 7) is 0. The molecule has 0 unspecified atom stereocenters. The Morgan fingerprint density at radius 1 is 0.500 bits per heavy atom. The Balaban J connectivity index is 0.000000141. The van der Waals surface area contributed by atoms with E-state index in [-0.39, 0.29) is 32.4 Å². The summed E-state index contributed by atoms with van der Waals surface area (Å²) in [7, 11) is 0. The van der Waals surface area contributed by atoms with Gasteiger partial charge in [0, 0.05) is 0 Å². The van der Waals surface area contributed by atoms with Crippen LogP contribution in [0.15, 0.2) is 48.5 Å². The molecule has 2 heterocycles. The van der Waals surface area contributed by atoms with Crippen molar-refractivity contribution in [1.29, 1.82) is 0 Å². The molecule has 0 bridgehead atoms. The number of rotatable bonds is 0. The van der Waals surface area contributed by atoms with Gasteiger partial charge in [-0.1, -0.05) is 24.3 Å². The number of hydrogen-bond donors (Lipinski definition) is 2. The lowest BCUT2D eigenvalue weighted by atomic mass is 10.1. The van der Waals surface area contributed by atoms with Gasteiger partial charge in [-0.2, -0.15) is 0 Å². The number of nitrogens with zero attached hydrogens (tertiary/aromatic N) is 2. The highest BCUT2D eigenvalue weighted by atomic mass is 16.5. The standard InChI is InChI=1S/2C8H5NO3/c2*10-7-5-3-1-2-4-6(5)8(11)9(7)12/h2*1-4,12H. The lowest BCUT2D eigenvalue weighted by molar-refractivity contribution is -0.0330. The molecule has 8 nitrogen and oxygen atoms in total.